The minimum absolute atomic E-state index is 0.000979. The number of aromatic nitrogens is 2. The number of carbonyl (C=O) groups excluding carboxylic acids is 6. The quantitative estimate of drug-likeness (QED) is 0.105. The van der Waals surface area contributed by atoms with Crippen LogP contribution in [0.15, 0.2) is 48.8 Å². The average Bonchev–Trinajstić information content (AvgIpc) is 3.67. The van der Waals surface area contributed by atoms with Gasteiger partial charge >= 0.3 is 0 Å². The van der Waals surface area contributed by atoms with Gasteiger partial charge in [-0.2, -0.15) is 0 Å². The van der Waals surface area contributed by atoms with Gasteiger partial charge in [0.25, 0.3) is 11.8 Å². The van der Waals surface area contributed by atoms with Gasteiger partial charge in [0.05, 0.1) is 28.8 Å². The van der Waals surface area contributed by atoms with Crippen LogP contribution in [0.1, 0.15) is 107 Å². The maximum atomic E-state index is 14.0. The first-order valence-corrected chi connectivity index (χ1v) is 20.8. The number of anilines is 2. The van der Waals surface area contributed by atoms with E-state index in [1.165, 1.54) is 6.33 Å². The average molecular weight is 828 g/mol. The number of hydrogen-bond donors (Lipinski definition) is 5. The Kier molecular flexibility index (Phi) is 13.2. The van der Waals surface area contributed by atoms with Crippen LogP contribution in [0, 0.1) is 0 Å². The van der Waals surface area contributed by atoms with Crippen molar-refractivity contribution in [3.8, 4) is 0 Å². The number of nitrogens with one attached hydrogen (secondary N) is 4. The Morgan fingerprint density at radius 2 is 1.71 bits per heavy atom. The van der Waals surface area contributed by atoms with E-state index in [9.17, 15) is 33.9 Å². The topological polar surface area (TPSA) is 206 Å². The van der Waals surface area contributed by atoms with Crippen LogP contribution in [0.2, 0.25) is 5.02 Å². The number of carbonyl (C=O) groups is 6. The number of piperazine rings is 1. The summed E-state index contributed by atoms with van der Waals surface area (Å²) in [6.45, 7) is 6.14. The first-order valence-electron chi connectivity index (χ1n) is 20.4. The van der Waals surface area contributed by atoms with Gasteiger partial charge in [-0.3, -0.25) is 39.0 Å². The molecule has 2 saturated heterocycles. The minimum atomic E-state index is -1.02. The third-order valence-corrected chi connectivity index (χ3v) is 11.8. The number of amides is 6. The van der Waals surface area contributed by atoms with Crippen LogP contribution >= 0.6 is 11.6 Å². The molecule has 5 N–H and O–H groups in total. The fraction of sp³-hybridized carbons (Fsp3) is 0.476. The summed E-state index contributed by atoms with van der Waals surface area (Å²) in [4.78, 5) is 90.9. The van der Waals surface area contributed by atoms with Crippen LogP contribution in [0.25, 0.3) is 0 Å². The second kappa shape index (κ2) is 18.6. The van der Waals surface area contributed by atoms with Crippen LogP contribution in [0.4, 0.5) is 11.5 Å². The number of benzene rings is 2. The van der Waals surface area contributed by atoms with Gasteiger partial charge in [-0.25, -0.2) is 9.97 Å². The number of imide groups is 2. The highest BCUT2D eigenvalue weighted by atomic mass is 35.5. The number of rotatable bonds is 16. The zero-order chi connectivity index (χ0) is 41.6. The number of fused-ring (bicyclic) bond motifs is 2. The molecule has 0 bridgehead atoms. The van der Waals surface area contributed by atoms with E-state index in [1.54, 1.807) is 30.3 Å². The van der Waals surface area contributed by atoms with Crippen molar-refractivity contribution < 1.29 is 33.9 Å². The standard InChI is InChI=1S/C42H50ClN9O7/c1-25-22-32(53)37-35(25)38(48-24-47-37)50-18-20-51(21-19-50)40(57)29(26-8-10-27(43)11-9-26)23-44-17-14-33(54)46-16-4-2-3-15-45-30-7-5-6-28-36(30)42(59)52(41(28)58)31-12-13-34(55)49-39(31)56/h5-11,24-25,29,31-32,44-45,53H,2-4,12-23H2,1H3,(H,46,54)(H,49,55,56)/t25-,29-,31?,32-/m1/s1. The zero-order valence-electron chi connectivity index (χ0n) is 33.0. The van der Waals surface area contributed by atoms with Crippen molar-refractivity contribution in [1.29, 1.82) is 0 Å². The Hall–Kier alpha value is -5.45. The Balaban J connectivity index is 0.817. The molecule has 6 amide bonds. The summed E-state index contributed by atoms with van der Waals surface area (Å²) in [5, 5.41) is 22.8. The Morgan fingerprint density at radius 3 is 2.47 bits per heavy atom. The minimum Gasteiger partial charge on any atom is -0.387 e. The van der Waals surface area contributed by atoms with E-state index in [2.05, 4.69) is 43.1 Å². The van der Waals surface area contributed by atoms with Crippen molar-refractivity contribution in [1.82, 2.24) is 35.7 Å². The maximum absolute atomic E-state index is 14.0. The van der Waals surface area contributed by atoms with E-state index in [1.807, 2.05) is 17.0 Å². The number of aliphatic hydroxyl groups is 1. The molecule has 4 atom stereocenters. The van der Waals surface area contributed by atoms with Crippen molar-refractivity contribution in [2.24, 2.45) is 0 Å². The summed E-state index contributed by atoms with van der Waals surface area (Å²) >= 11 is 6.17. The molecule has 1 unspecified atom stereocenters. The number of unbranched alkanes of at least 4 members (excludes halogenated alkanes) is 2. The molecule has 59 heavy (non-hydrogen) atoms. The monoisotopic (exact) mass is 827 g/mol. The lowest BCUT2D eigenvalue weighted by Crippen LogP contribution is -2.54. The van der Waals surface area contributed by atoms with Crippen molar-refractivity contribution in [2.45, 2.75) is 75.9 Å². The van der Waals surface area contributed by atoms with Crippen LogP contribution in [0.5, 0.6) is 0 Å². The van der Waals surface area contributed by atoms with E-state index in [4.69, 9.17) is 11.6 Å². The van der Waals surface area contributed by atoms with E-state index in [-0.39, 0.29) is 48.1 Å². The molecule has 4 aliphatic rings. The van der Waals surface area contributed by atoms with Crippen molar-refractivity contribution in [2.75, 3.05) is 62.6 Å². The molecule has 0 saturated carbocycles. The number of piperidine rings is 1. The Morgan fingerprint density at radius 1 is 0.949 bits per heavy atom. The van der Waals surface area contributed by atoms with E-state index < -0.39 is 41.7 Å². The normalized spacial score (nSPS) is 20.7. The van der Waals surface area contributed by atoms with Gasteiger partial charge in [-0.15, -0.1) is 0 Å². The smallest absolute Gasteiger partial charge is 0.264 e. The zero-order valence-corrected chi connectivity index (χ0v) is 33.8. The Labute approximate surface area is 347 Å². The fourth-order valence-electron chi connectivity index (χ4n) is 8.43. The highest BCUT2D eigenvalue weighted by molar-refractivity contribution is 6.30. The first-order chi connectivity index (χ1) is 28.5. The van der Waals surface area contributed by atoms with Gasteiger partial charge in [0.15, 0.2) is 0 Å². The fourth-order valence-corrected chi connectivity index (χ4v) is 8.56. The third kappa shape index (κ3) is 9.24. The van der Waals surface area contributed by atoms with Crippen LogP contribution < -0.4 is 26.2 Å². The molecule has 4 heterocycles. The van der Waals surface area contributed by atoms with Gasteiger partial charge < -0.3 is 30.9 Å². The SMILES string of the molecule is C[C@@H]1C[C@@H](O)c2ncnc(N3CCN(C(=O)[C@H](CNCCC(=O)NCCCCCNc4cccc5c4C(=O)N(C4CCC(=O)NC4=O)C5=O)c4ccc(Cl)cc4)CC3)c21. The van der Waals surface area contributed by atoms with Crippen LogP contribution in [-0.2, 0) is 19.2 Å². The largest absolute Gasteiger partial charge is 0.387 e. The molecular formula is C42H50ClN9O7. The van der Waals surface area contributed by atoms with Crippen molar-refractivity contribution >= 4 is 58.5 Å². The third-order valence-electron chi connectivity index (χ3n) is 11.6. The van der Waals surface area contributed by atoms with Gasteiger partial charge in [0.1, 0.15) is 18.2 Å². The maximum Gasteiger partial charge on any atom is 0.264 e. The lowest BCUT2D eigenvalue weighted by molar-refractivity contribution is -0.136. The lowest BCUT2D eigenvalue weighted by Gasteiger charge is -2.38. The summed E-state index contributed by atoms with van der Waals surface area (Å²) in [7, 11) is 0. The summed E-state index contributed by atoms with van der Waals surface area (Å²) in [5.41, 5.74) is 3.50. The summed E-state index contributed by atoms with van der Waals surface area (Å²) in [6, 6.07) is 11.2. The van der Waals surface area contributed by atoms with Gasteiger partial charge in [-0.1, -0.05) is 36.7 Å². The number of aliphatic hydroxyl groups excluding tert-OH is 1. The molecule has 312 valence electrons. The first kappa shape index (κ1) is 41.7. The Bertz CT molecular complexity index is 2090. The molecule has 3 aliphatic heterocycles. The molecule has 1 aromatic heterocycles. The highest BCUT2D eigenvalue weighted by Gasteiger charge is 2.45. The van der Waals surface area contributed by atoms with E-state index in [0.29, 0.717) is 75.2 Å². The highest BCUT2D eigenvalue weighted by Crippen LogP contribution is 2.43. The molecule has 3 aromatic rings. The van der Waals surface area contributed by atoms with Gasteiger partial charge in [0.2, 0.25) is 23.6 Å². The van der Waals surface area contributed by atoms with Crippen molar-refractivity contribution in [3.05, 3.63) is 81.8 Å². The molecule has 17 heteroatoms. The molecule has 16 nitrogen and oxygen atoms in total. The molecule has 2 aromatic carbocycles. The van der Waals surface area contributed by atoms with E-state index >= 15 is 0 Å². The van der Waals surface area contributed by atoms with Crippen LogP contribution in [-0.4, -0.2) is 119 Å². The van der Waals surface area contributed by atoms with Gasteiger partial charge in [0, 0.05) is 81.5 Å². The second-order valence-electron chi connectivity index (χ2n) is 15.5. The molecule has 1 aliphatic carbocycles. The lowest BCUT2D eigenvalue weighted by atomic mass is 9.97. The van der Waals surface area contributed by atoms with E-state index in [0.717, 1.165) is 41.1 Å². The molecule has 0 radical (unpaired) electrons. The summed E-state index contributed by atoms with van der Waals surface area (Å²) in [6.07, 6.45) is 4.26. The summed E-state index contributed by atoms with van der Waals surface area (Å²) in [5.74, 6) is -1.73. The molecular weight excluding hydrogens is 778 g/mol. The summed E-state index contributed by atoms with van der Waals surface area (Å²) < 4.78 is 0. The number of halogens is 1. The van der Waals surface area contributed by atoms with Crippen molar-refractivity contribution in [3.63, 3.8) is 0 Å². The van der Waals surface area contributed by atoms with Gasteiger partial charge in [-0.05, 0) is 67.9 Å². The number of hydrogen-bond acceptors (Lipinski definition) is 12. The second-order valence-corrected chi connectivity index (χ2v) is 16.0. The predicted molar refractivity (Wildman–Crippen MR) is 219 cm³/mol. The molecule has 2 fully saturated rings. The number of nitrogens with zero attached hydrogens (tertiary/aromatic N) is 5. The van der Waals surface area contributed by atoms with Crippen LogP contribution in [0.3, 0.4) is 0 Å². The molecule has 7 rings (SSSR count). The molecule has 0 spiro atoms. The predicted octanol–water partition coefficient (Wildman–Crippen LogP) is 2.88.